The van der Waals surface area contributed by atoms with E-state index in [0.29, 0.717) is 89.7 Å². The van der Waals surface area contributed by atoms with Crippen molar-refractivity contribution in [2.45, 2.75) is 177 Å². The molecule has 0 saturated carbocycles. The van der Waals surface area contributed by atoms with E-state index in [1.54, 1.807) is 0 Å². The zero-order valence-corrected chi connectivity index (χ0v) is 50.6. The van der Waals surface area contributed by atoms with E-state index in [4.69, 9.17) is 51.6 Å². The summed E-state index contributed by atoms with van der Waals surface area (Å²) >= 11 is 0. The van der Waals surface area contributed by atoms with Gasteiger partial charge in [-0.3, -0.25) is 52.9 Å². The molecule has 1 aromatic rings. The lowest BCUT2D eigenvalue weighted by atomic mass is 10.0. The zero-order valence-electron chi connectivity index (χ0n) is 50.6. The van der Waals surface area contributed by atoms with Gasteiger partial charge in [0.1, 0.15) is 48.0 Å². The fraction of sp³-hybridized carbons (Fsp3) is 0.704. The number of likely N-dealkylation sites (tertiary alicyclic amines) is 1. The Kier molecular flexibility index (Phi) is 37.7. The largest absolute Gasteiger partial charge is 0.391 e. The molecule has 0 aliphatic carbocycles. The van der Waals surface area contributed by atoms with Crippen molar-refractivity contribution in [1.29, 1.82) is 0 Å². The van der Waals surface area contributed by atoms with E-state index >= 15 is 0 Å². The van der Waals surface area contributed by atoms with Crippen LogP contribution >= 0.6 is 0 Å². The van der Waals surface area contributed by atoms with Crippen LogP contribution < -0.4 is 99.5 Å². The Labute approximate surface area is 513 Å². The number of rotatable bonds is 45. The number of aliphatic imine (C=N–C) groups is 1. The molecule has 1 fully saturated rings. The fourth-order valence-electron chi connectivity index (χ4n) is 9.18. The van der Waals surface area contributed by atoms with Crippen LogP contribution in [0.2, 0.25) is 0 Å². The van der Waals surface area contributed by atoms with Crippen LogP contribution in [0.5, 0.6) is 0 Å². The third-order valence-corrected chi connectivity index (χ3v) is 14.1. The number of H-pyrrole nitrogens is 1. The van der Waals surface area contributed by atoms with E-state index in [2.05, 4.69) is 62.8 Å². The van der Waals surface area contributed by atoms with Crippen molar-refractivity contribution in [1.82, 2.24) is 62.7 Å². The molecule has 2 rings (SSSR count). The molecule has 30 N–H and O–H groups in total. The van der Waals surface area contributed by atoms with E-state index in [9.17, 15) is 58.2 Å². The molecule has 1 aliphatic rings. The van der Waals surface area contributed by atoms with Gasteiger partial charge in [0.15, 0.2) is 5.96 Å². The van der Waals surface area contributed by atoms with Crippen molar-refractivity contribution in [3.05, 3.63) is 30.0 Å². The fourth-order valence-corrected chi connectivity index (χ4v) is 9.18. The maximum absolute atomic E-state index is 14.5. The normalized spacial score (nSPS) is 16.2. The predicted molar refractivity (Wildman–Crippen MR) is 326 cm³/mol. The van der Waals surface area contributed by atoms with Crippen molar-refractivity contribution in [2.24, 2.45) is 56.6 Å². The number of guanidine groups is 1. The number of aromatic nitrogens is 2. The van der Waals surface area contributed by atoms with Crippen LogP contribution in [0.25, 0.3) is 0 Å². The highest BCUT2D eigenvalue weighted by molar-refractivity contribution is 6.02. The molecule has 88 heavy (non-hydrogen) atoms. The first-order valence-electron chi connectivity index (χ1n) is 30.1. The number of unbranched alkanes of at least 4 members (excludes halogenated alkanes) is 4. The molecule has 2 heterocycles. The van der Waals surface area contributed by atoms with Gasteiger partial charge in [0.05, 0.1) is 31.1 Å². The standard InChI is InChI=1S/C54H100N22O12/c1-32(77)43(74-52(87)44(41(78)28-60)75-45(80)34(61)13-2-5-19-55)51(86)67-30-42(79)69-38(16-10-23-59)53(88)76-26-12-18-40(76)50(85)73-39(27-33-29-64-31-68-33)49(84)72-36(15-4-7-21-57)47(82)71-37(17-11-25-66-54(62)63)48(83)70-35(14-3-6-20-56)46(81)65-24-9-8-22-58/h17,29,31-32,34-36,38-41,43-44,77-78H,2-16,18-28,30,55-61H2,1H3,(H,64,68)(H,65,81)(H,67,86)(H,69,79)(H,70,83)(H,71,82)(H,72,84)(H,73,85)(H,74,87)(H,75,80)(H4,62,63,66)/b37-17-/t32-,34-,35-,36-,38+,39-,40-,41-,43-,44-/m0/s1. The van der Waals surface area contributed by atoms with E-state index in [-0.39, 0.29) is 89.2 Å². The smallest absolute Gasteiger partial charge is 0.268 e. The number of nitrogens with two attached hydrogens (primary N) is 9. The highest BCUT2D eigenvalue weighted by Crippen LogP contribution is 2.21. The Hall–Kier alpha value is -7.44. The first kappa shape index (κ1) is 76.7. The molecule has 1 aliphatic heterocycles. The van der Waals surface area contributed by atoms with Crippen LogP contribution in [-0.4, -0.2) is 216 Å². The number of hydrogen-bond acceptors (Lipinski definition) is 21. The molecular weight excluding hydrogens is 1150 g/mol. The number of aromatic amines is 1. The lowest BCUT2D eigenvalue weighted by molar-refractivity contribution is -0.142. The minimum atomic E-state index is -1.73. The molecule has 10 atom stereocenters. The Morgan fingerprint density at radius 1 is 0.670 bits per heavy atom. The zero-order chi connectivity index (χ0) is 65.6. The number of aliphatic hydroxyl groups is 2. The molecule has 10 amide bonds. The van der Waals surface area contributed by atoms with Gasteiger partial charge in [0.2, 0.25) is 53.2 Å². The maximum atomic E-state index is 14.5. The number of nitrogens with zero attached hydrogens (tertiary/aromatic N) is 3. The minimum absolute atomic E-state index is 0.00685. The summed E-state index contributed by atoms with van der Waals surface area (Å²) in [4.78, 5) is 150. The summed E-state index contributed by atoms with van der Waals surface area (Å²) in [6.45, 7) is 1.79. The monoisotopic (exact) mass is 1250 g/mol. The molecule has 0 spiro atoms. The number of amides is 10. The molecule has 0 bridgehead atoms. The van der Waals surface area contributed by atoms with Crippen LogP contribution in [0, 0.1) is 0 Å². The van der Waals surface area contributed by atoms with Crippen molar-refractivity contribution < 1.29 is 58.2 Å². The van der Waals surface area contributed by atoms with Gasteiger partial charge in [-0.2, -0.15) is 0 Å². The minimum Gasteiger partial charge on any atom is -0.391 e. The Balaban J connectivity index is 2.37. The van der Waals surface area contributed by atoms with Crippen LogP contribution in [-0.2, 0) is 54.4 Å². The second kappa shape index (κ2) is 43.2. The molecule has 0 unspecified atom stereocenters. The average molecular weight is 1250 g/mol. The molecule has 1 aromatic heterocycles. The van der Waals surface area contributed by atoms with Crippen LogP contribution in [0.15, 0.2) is 29.3 Å². The van der Waals surface area contributed by atoms with Crippen molar-refractivity contribution >= 4 is 65.0 Å². The topological polar surface area (TPSA) is 598 Å². The molecule has 0 aromatic carbocycles. The van der Waals surface area contributed by atoms with Crippen LogP contribution in [0.4, 0.5) is 0 Å². The number of hydrogen-bond donors (Lipinski definition) is 21. The number of carbonyl (C=O) groups is 10. The summed E-state index contributed by atoms with van der Waals surface area (Å²) in [5.74, 6) is -8.43. The summed E-state index contributed by atoms with van der Waals surface area (Å²) < 4.78 is 0. The van der Waals surface area contributed by atoms with Gasteiger partial charge in [-0.1, -0.05) is 12.5 Å². The van der Waals surface area contributed by atoms with Gasteiger partial charge in [-0.15, -0.1) is 0 Å². The van der Waals surface area contributed by atoms with E-state index in [0.717, 1.165) is 0 Å². The molecular formula is C54H100N22O12. The van der Waals surface area contributed by atoms with Gasteiger partial charge in [-0.05, 0) is 136 Å². The highest BCUT2D eigenvalue weighted by Gasteiger charge is 2.40. The van der Waals surface area contributed by atoms with Gasteiger partial charge < -0.3 is 120 Å². The second-order valence-electron chi connectivity index (χ2n) is 21.4. The Bertz CT molecular complexity index is 2400. The van der Waals surface area contributed by atoms with Crippen LogP contribution in [0.3, 0.4) is 0 Å². The maximum Gasteiger partial charge on any atom is 0.268 e. The summed E-state index contributed by atoms with van der Waals surface area (Å²) in [5.41, 5.74) is 51.2. The van der Waals surface area contributed by atoms with E-state index in [1.807, 2.05) is 0 Å². The van der Waals surface area contributed by atoms with Crippen molar-refractivity contribution in [2.75, 3.05) is 65.4 Å². The molecule has 34 nitrogen and oxygen atoms in total. The first-order chi connectivity index (χ1) is 42.1. The quantitative estimate of drug-likeness (QED) is 0.0125. The summed E-state index contributed by atoms with van der Waals surface area (Å²) in [6, 6.07) is -10.7. The van der Waals surface area contributed by atoms with Gasteiger partial charge >= 0.3 is 0 Å². The number of aliphatic hydroxyl groups excluding tert-OH is 2. The van der Waals surface area contributed by atoms with Gasteiger partial charge in [0.25, 0.3) is 5.91 Å². The summed E-state index contributed by atoms with van der Waals surface area (Å²) in [7, 11) is 0. The average Bonchev–Trinajstić information content (AvgIpc) is 4.34. The first-order valence-corrected chi connectivity index (χ1v) is 30.1. The number of carbonyl (C=O) groups excluding carboxylic acids is 10. The van der Waals surface area contributed by atoms with Crippen molar-refractivity contribution in [3.8, 4) is 0 Å². The SMILES string of the molecule is C[C@H](O)[C@H](NC(=O)[C@@H](NC(=O)[C@@H](N)CCCCN)[C@@H](O)CN)C(=O)NCC(=O)N[C@H](CCCN)C(=O)N1CCC[C@H]1C(=O)N[C@@H](Cc1cnc[nH]1)C(=O)N[C@@H](CCCCN)C(=O)N/C(=C\CCN=C(N)N)C(=O)N[C@@H](CCCCN)C(=O)NCCCCN. The Morgan fingerprint density at radius 3 is 1.86 bits per heavy atom. The Morgan fingerprint density at radius 2 is 1.27 bits per heavy atom. The predicted octanol–water partition coefficient (Wildman–Crippen LogP) is -8.36. The molecule has 498 valence electrons. The van der Waals surface area contributed by atoms with Gasteiger partial charge in [-0.25, -0.2) is 4.98 Å². The molecule has 0 radical (unpaired) electrons. The summed E-state index contributed by atoms with van der Waals surface area (Å²) in [6.07, 6.45) is 6.20. The van der Waals surface area contributed by atoms with Crippen molar-refractivity contribution in [3.63, 3.8) is 0 Å². The number of nitrogens with one attached hydrogen (secondary N) is 10. The van der Waals surface area contributed by atoms with E-state index in [1.165, 1.54) is 30.4 Å². The molecule has 1 saturated heterocycles. The summed E-state index contributed by atoms with van der Waals surface area (Å²) in [5, 5.41) is 44.1. The lowest BCUT2D eigenvalue weighted by Crippen LogP contribution is -2.62. The number of imidazole rings is 1. The lowest BCUT2D eigenvalue weighted by Gasteiger charge is -2.30. The third kappa shape index (κ3) is 28.6. The van der Waals surface area contributed by atoms with Crippen LogP contribution in [0.1, 0.15) is 115 Å². The highest BCUT2D eigenvalue weighted by atomic mass is 16.3. The second-order valence-corrected chi connectivity index (χ2v) is 21.4. The van der Waals surface area contributed by atoms with E-state index < -0.39 is 133 Å². The van der Waals surface area contributed by atoms with Gasteiger partial charge in [0, 0.05) is 44.5 Å². The third-order valence-electron chi connectivity index (χ3n) is 14.1. The molecule has 34 heteroatoms.